The number of hydrogen-bond donors (Lipinski definition) is 2. The summed E-state index contributed by atoms with van der Waals surface area (Å²) >= 11 is 0. The van der Waals surface area contributed by atoms with Crippen molar-refractivity contribution >= 4 is 5.91 Å². The van der Waals surface area contributed by atoms with Gasteiger partial charge in [-0.15, -0.1) is 0 Å². The predicted molar refractivity (Wildman–Crippen MR) is 139 cm³/mol. The Kier molecular flexibility index (Phi) is 9.56. The molecule has 1 fully saturated rings. The third-order valence-electron chi connectivity index (χ3n) is 7.57. The van der Waals surface area contributed by atoms with Crippen LogP contribution in [0.3, 0.4) is 0 Å². The van der Waals surface area contributed by atoms with E-state index in [1.807, 2.05) is 17.0 Å². The van der Waals surface area contributed by atoms with Crippen molar-refractivity contribution in [2.75, 3.05) is 0 Å². The minimum absolute atomic E-state index is 0.109. The SMILES string of the molecule is Cc1cccc(C[C@@H](O)C=C[C@@H]2[C@H]3CC(CCCCC(=O)N(C(C)C)C(C)C)=C[C@H]3C[C@H]2O)c1. The van der Waals surface area contributed by atoms with Crippen LogP contribution in [0.4, 0.5) is 0 Å². The minimum atomic E-state index is -0.532. The molecular weight excluding hydrogens is 422 g/mol. The summed E-state index contributed by atoms with van der Waals surface area (Å²) in [6.45, 7) is 10.4. The van der Waals surface area contributed by atoms with Gasteiger partial charge < -0.3 is 15.1 Å². The van der Waals surface area contributed by atoms with E-state index in [2.05, 4.69) is 65.0 Å². The molecule has 2 N–H and O–H groups in total. The Morgan fingerprint density at radius 1 is 1.18 bits per heavy atom. The molecule has 188 valence electrons. The molecule has 0 saturated heterocycles. The molecule has 0 heterocycles. The molecule has 34 heavy (non-hydrogen) atoms. The Labute approximate surface area is 206 Å². The molecule has 0 bridgehead atoms. The van der Waals surface area contributed by atoms with Crippen molar-refractivity contribution in [3.05, 3.63) is 59.2 Å². The Morgan fingerprint density at radius 2 is 1.91 bits per heavy atom. The number of unbranched alkanes of at least 4 members (excludes halogenated alkanes) is 1. The molecule has 5 atom stereocenters. The van der Waals surface area contributed by atoms with Crippen molar-refractivity contribution in [2.24, 2.45) is 17.8 Å². The number of carbonyl (C=O) groups excluding carboxylic acids is 1. The molecule has 1 aromatic carbocycles. The van der Waals surface area contributed by atoms with Crippen LogP contribution in [0.25, 0.3) is 0 Å². The van der Waals surface area contributed by atoms with E-state index in [0.717, 1.165) is 37.7 Å². The topological polar surface area (TPSA) is 60.8 Å². The first kappa shape index (κ1) is 26.7. The Balaban J connectivity index is 1.45. The van der Waals surface area contributed by atoms with Crippen LogP contribution in [0.15, 0.2) is 48.1 Å². The lowest BCUT2D eigenvalue weighted by atomic mass is 9.88. The molecule has 1 amide bonds. The van der Waals surface area contributed by atoms with E-state index in [-0.39, 0.29) is 30.0 Å². The maximum atomic E-state index is 12.6. The number of nitrogens with zero attached hydrogens (tertiary/aromatic N) is 1. The maximum absolute atomic E-state index is 12.6. The van der Waals surface area contributed by atoms with Gasteiger partial charge in [0.15, 0.2) is 0 Å². The molecule has 0 unspecified atom stereocenters. The van der Waals surface area contributed by atoms with E-state index in [4.69, 9.17) is 0 Å². The van der Waals surface area contributed by atoms with Gasteiger partial charge in [-0.25, -0.2) is 0 Å². The van der Waals surface area contributed by atoms with Crippen molar-refractivity contribution in [1.29, 1.82) is 0 Å². The average Bonchev–Trinajstić information content (AvgIpc) is 3.25. The van der Waals surface area contributed by atoms with Gasteiger partial charge in [0.05, 0.1) is 12.2 Å². The summed E-state index contributed by atoms with van der Waals surface area (Å²) in [5.41, 5.74) is 3.82. The van der Waals surface area contributed by atoms with Gasteiger partial charge in [-0.3, -0.25) is 4.79 Å². The quantitative estimate of drug-likeness (QED) is 0.329. The molecule has 0 radical (unpaired) electrons. The van der Waals surface area contributed by atoms with Crippen LogP contribution in [-0.4, -0.2) is 45.3 Å². The van der Waals surface area contributed by atoms with Gasteiger partial charge in [0.2, 0.25) is 5.91 Å². The van der Waals surface area contributed by atoms with E-state index in [9.17, 15) is 15.0 Å². The highest BCUT2D eigenvalue weighted by Crippen LogP contribution is 2.48. The van der Waals surface area contributed by atoms with Gasteiger partial charge in [0.25, 0.3) is 0 Å². The Hall–Kier alpha value is -1.91. The number of benzene rings is 1. The van der Waals surface area contributed by atoms with Gasteiger partial charge >= 0.3 is 0 Å². The van der Waals surface area contributed by atoms with Crippen molar-refractivity contribution in [1.82, 2.24) is 4.90 Å². The monoisotopic (exact) mass is 467 g/mol. The fourth-order valence-electron chi connectivity index (χ4n) is 6.13. The molecule has 2 aliphatic carbocycles. The number of carbonyl (C=O) groups is 1. The second-order valence-electron chi connectivity index (χ2n) is 11.1. The van der Waals surface area contributed by atoms with Crippen LogP contribution >= 0.6 is 0 Å². The summed E-state index contributed by atoms with van der Waals surface area (Å²) in [4.78, 5) is 14.6. The summed E-state index contributed by atoms with van der Waals surface area (Å²) in [5, 5.41) is 21.1. The van der Waals surface area contributed by atoms with Crippen molar-refractivity contribution in [3.63, 3.8) is 0 Å². The molecule has 4 heteroatoms. The lowest BCUT2D eigenvalue weighted by Gasteiger charge is -2.30. The first-order valence-corrected chi connectivity index (χ1v) is 13.3. The normalized spacial score (nSPS) is 25.3. The Morgan fingerprint density at radius 3 is 2.59 bits per heavy atom. The van der Waals surface area contributed by atoms with Gasteiger partial charge in [-0.2, -0.15) is 0 Å². The third kappa shape index (κ3) is 7.05. The molecular formula is C30H45NO3. The van der Waals surface area contributed by atoms with E-state index in [1.165, 1.54) is 11.1 Å². The first-order chi connectivity index (χ1) is 16.2. The first-order valence-electron chi connectivity index (χ1n) is 13.3. The molecule has 3 rings (SSSR count). The van der Waals surface area contributed by atoms with Gasteiger partial charge in [0.1, 0.15) is 0 Å². The van der Waals surface area contributed by atoms with E-state index >= 15 is 0 Å². The summed E-state index contributed by atoms with van der Waals surface area (Å²) in [6, 6.07) is 8.75. The molecule has 1 aromatic rings. The summed E-state index contributed by atoms with van der Waals surface area (Å²) in [5.74, 6) is 1.25. The number of amides is 1. The summed E-state index contributed by atoms with van der Waals surface area (Å²) in [6.07, 6.45) is 11.6. The fourth-order valence-corrected chi connectivity index (χ4v) is 6.13. The second kappa shape index (κ2) is 12.2. The zero-order chi connectivity index (χ0) is 24.8. The molecule has 0 aromatic heterocycles. The highest BCUT2D eigenvalue weighted by atomic mass is 16.3. The minimum Gasteiger partial charge on any atom is -0.392 e. The van der Waals surface area contributed by atoms with E-state index in [0.29, 0.717) is 24.7 Å². The molecule has 0 spiro atoms. The standard InChI is InChI=1S/C30H45NO3/c1-20(2)31(21(3)4)30(34)12-7-6-10-24-16-25-19-29(33)27(28(25)18-24)14-13-26(32)17-23-11-8-9-22(5)15-23/h8-9,11,13-16,20-21,25-29,32-33H,6-7,10,12,17-19H2,1-5H3/t25-,26-,27+,28-,29+/m0/s1. The highest BCUT2D eigenvalue weighted by molar-refractivity contribution is 5.76. The second-order valence-corrected chi connectivity index (χ2v) is 11.1. The number of hydrogen-bond acceptors (Lipinski definition) is 3. The van der Waals surface area contributed by atoms with Crippen molar-refractivity contribution < 1.29 is 15.0 Å². The highest BCUT2D eigenvalue weighted by Gasteiger charge is 2.43. The van der Waals surface area contributed by atoms with Gasteiger partial charge in [0, 0.05) is 30.8 Å². The van der Waals surface area contributed by atoms with Crippen LogP contribution < -0.4 is 0 Å². The fraction of sp³-hybridized carbons (Fsp3) is 0.633. The largest absolute Gasteiger partial charge is 0.392 e. The number of allylic oxidation sites excluding steroid dienone is 2. The van der Waals surface area contributed by atoms with Gasteiger partial charge in [-0.1, -0.05) is 53.6 Å². The van der Waals surface area contributed by atoms with E-state index in [1.54, 1.807) is 0 Å². The van der Waals surface area contributed by atoms with Crippen LogP contribution in [0.1, 0.15) is 77.3 Å². The van der Waals surface area contributed by atoms with Crippen LogP contribution in [0.2, 0.25) is 0 Å². The lowest BCUT2D eigenvalue weighted by molar-refractivity contribution is -0.134. The molecule has 2 aliphatic rings. The number of aryl methyl sites for hydroxylation is 1. The summed E-state index contributed by atoms with van der Waals surface area (Å²) in [7, 11) is 0. The van der Waals surface area contributed by atoms with Gasteiger partial charge in [-0.05, 0) is 84.1 Å². The van der Waals surface area contributed by atoms with Crippen molar-refractivity contribution in [3.8, 4) is 0 Å². The lowest BCUT2D eigenvalue weighted by Crippen LogP contribution is -2.41. The van der Waals surface area contributed by atoms with Crippen molar-refractivity contribution in [2.45, 2.75) is 104 Å². The zero-order valence-corrected chi connectivity index (χ0v) is 21.8. The van der Waals surface area contributed by atoms with Crippen LogP contribution in [0.5, 0.6) is 0 Å². The molecule has 4 nitrogen and oxygen atoms in total. The van der Waals surface area contributed by atoms with E-state index < -0.39 is 6.10 Å². The maximum Gasteiger partial charge on any atom is 0.223 e. The molecule has 0 aliphatic heterocycles. The third-order valence-corrected chi connectivity index (χ3v) is 7.57. The number of aliphatic hydroxyl groups is 2. The Bertz CT molecular complexity index is 864. The predicted octanol–water partition coefficient (Wildman–Crippen LogP) is 5.60. The number of rotatable bonds is 11. The zero-order valence-electron chi connectivity index (χ0n) is 21.8. The van der Waals surface area contributed by atoms with Crippen LogP contribution in [-0.2, 0) is 11.2 Å². The summed E-state index contributed by atoms with van der Waals surface area (Å²) < 4.78 is 0. The van der Waals surface area contributed by atoms with Crippen LogP contribution in [0, 0.1) is 24.7 Å². The molecule has 1 saturated carbocycles. The number of aliphatic hydroxyl groups excluding tert-OH is 2. The smallest absolute Gasteiger partial charge is 0.223 e. The number of fused-ring (bicyclic) bond motifs is 1. The average molecular weight is 468 g/mol.